The highest BCUT2D eigenvalue weighted by Crippen LogP contribution is 2.71. The Bertz CT molecular complexity index is 760. The third-order valence-corrected chi connectivity index (χ3v) is 7.44. The molecule has 6 atom stereocenters. The Kier molecular flexibility index (Phi) is 2.68. The smallest absolute Gasteiger partial charge is 0.236 e. The quantitative estimate of drug-likeness (QED) is 0.732. The van der Waals surface area contributed by atoms with Gasteiger partial charge in [-0.05, 0) is 31.3 Å². The molecule has 126 valence electrons. The molecular weight excluding hydrogens is 304 g/mol. The van der Waals surface area contributed by atoms with Crippen LogP contribution in [0.1, 0.15) is 26.2 Å². The minimum Gasteiger partial charge on any atom is -0.346 e. The Morgan fingerprint density at radius 1 is 1.42 bits per heavy atom. The van der Waals surface area contributed by atoms with Gasteiger partial charge in [0.1, 0.15) is 0 Å². The standard InChI is InChI=1S/C20H22O4/c1-4-13-12-9-24-20(23-3)17(12)10(2)14-6-5-11-15(7-8-16(11)21)19(13,14)18(20)22/h4-5,12-13,15,17H,1,6-9H2,2-3H3/t12-,13-,15?,17+,19+,20-/m1/s1. The first kappa shape index (κ1) is 14.8. The van der Waals surface area contributed by atoms with Crippen molar-refractivity contribution in [2.24, 2.45) is 29.1 Å². The highest BCUT2D eigenvalue weighted by molar-refractivity contribution is 6.05. The van der Waals surface area contributed by atoms with Gasteiger partial charge in [-0.2, -0.15) is 0 Å². The van der Waals surface area contributed by atoms with Crippen molar-refractivity contribution in [3.63, 3.8) is 0 Å². The number of methoxy groups -OCH3 is 1. The van der Waals surface area contributed by atoms with Gasteiger partial charge in [-0.1, -0.05) is 23.3 Å². The van der Waals surface area contributed by atoms with Gasteiger partial charge in [0.15, 0.2) is 5.78 Å². The molecule has 0 amide bonds. The summed E-state index contributed by atoms with van der Waals surface area (Å²) >= 11 is 0. The Balaban J connectivity index is 1.85. The maximum Gasteiger partial charge on any atom is 0.236 e. The van der Waals surface area contributed by atoms with Crippen LogP contribution in [-0.4, -0.2) is 31.1 Å². The molecule has 4 nitrogen and oxygen atoms in total. The number of fused-ring (bicyclic) bond motifs is 1. The summed E-state index contributed by atoms with van der Waals surface area (Å²) in [6.45, 7) is 6.72. The van der Waals surface area contributed by atoms with Crippen LogP contribution in [0, 0.1) is 29.1 Å². The molecule has 24 heavy (non-hydrogen) atoms. The Morgan fingerprint density at radius 3 is 2.92 bits per heavy atom. The first-order valence-corrected chi connectivity index (χ1v) is 8.84. The molecule has 0 aromatic heterocycles. The average molecular weight is 326 g/mol. The number of rotatable bonds is 2. The molecule has 1 unspecified atom stereocenters. The van der Waals surface area contributed by atoms with Crippen LogP contribution >= 0.6 is 0 Å². The lowest BCUT2D eigenvalue weighted by Crippen LogP contribution is -2.68. The van der Waals surface area contributed by atoms with Gasteiger partial charge in [-0.3, -0.25) is 9.59 Å². The first-order chi connectivity index (χ1) is 11.5. The monoisotopic (exact) mass is 326 g/mol. The second kappa shape index (κ2) is 4.36. The van der Waals surface area contributed by atoms with Crippen molar-refractivity contribution in [1.29, 1.82) is 0 Å². The van der Waals surface area contributed by atoms with Gasteiger partial charge in [-0.25, -0.2) is 0 Å². The maximum absolute atomic E-state index is 13.8. The number of carbonyl (C=O) groups is 2. The van der Waals surface area contributed by atoms with E-state index in [4.69, 9.17) is 9.47 Å². The van der Waals surface area contributed by atoms with Crippen LogP contribution in [-0.2, 0) is 19.1 Å². The molecular formula is C20H22O4. The van der Waals surface area contributed by atoms with Gasteiger partial charge < -0.3 is 9.47 Å². The highest BCUT2D eigenvalue weighted by atomic mass is 16.7. The Labute approximate surface area is 141 Å². The van der Waals surface area contributed by atoms with Crippen molar-refractivity contribution in [2.45, 2.75) is 32.0 Å². The van der Waals surface area contributed by atoms with Crippen LogP contribution in [0.4, 0.5) is 0 Å². The van der Waals surface area contributed by atoms with E-state index in [1.54, 1.807) is 7.11 Å². The number of Topliss-reactive ketones (excluding diaryl/α,β-unsaturated/α-hetero) is 2. The Morgan fingerprint density at radius 2 is 2.21 bits per heavy atom. The normalized spacial score (nSPS) is 48.5. The van der Waals surface area contributed by atoms with Gasteiger partial charge >= 0.3 is 0 Å². The molecule has 1 heterocycles. The SMILES string of the molecule is C=C[C@@H]1[C@H]2CO[C@@]3(OC)C(=O)[C@]14C(=C(C)[C@@H]23)CC=C1C(=O)CCC14. The third kappa shape index (κ3) is 1.23. The zero-order chi connectivity index (χ0) is 16.9. The van der Waals surface area contributed by atoms with Gasteiger partial charge in [0.2, 0.25) is 11.6 Å². The summed E-state index contributed by atoms with van der Waals surface area (Å²) in [5.74, 6) is -0.758. The summed E-state index contributed by atoms with van der Waals surface area (Å²) in [5, 5.41) is 0. The van der Waals surface area contributed by atoms with Gasteiger partial charge in [-0.15, -0.1) is 6.58 Å². The molecule has 0 aromatic carbocycles. The van der Waals surface area contributed by atoms with E-state index in [0.717, 1.165) is 12.0 Å². The number of hydrogen-bond donors (Lipinski definition) is 0. The molecule has 0 N–H and O–H groups in total. The highest BCUT2D eigenvalue weighted by Gasteiger charge is 2.77. The second-order valence-electron chi connectivity index (χ2n) is 7.82. The maximum atomic E-state index is 13.8. The van der Waals surface area contributed by atoms with E-state index in [2.05, 4.69) is 19.6 Å². The van der Waals surface area contributed by atoms with E-state index in [0.29, 0.717) is 19.4 Å². The zero-order valence-electron chi connectivity index (χ0n) is 14.1. The number of allylic oxidation sites excluding steroid dienone is 4. The van der Waals surface area contributed by atoms with Crippen molar-refractivity contribution < 1.29 is 19.1 Å². The van der Waals surface area contributed by atoms with Crippen LogP contribution in [0.3, 0.4) is 0 Å². The van der Waals surface area contributed by atoms with Crippen molar-refractivity contribution in [2.75, 3.05) is 13.7 Å². The second-order valence-corrected chi connectivity index (χ2v) is 7.82. The minimum absolute atomic E-state index is 0.0260. The molecule has 2 saturated carbocycles. The van der Waals surface area contributed by atoms with E-state index in [1.807, 2.05) is 6.08 Å². The van der Waals surface area contributed by atoms with Crippen LogP contribution in [0.2, 0.25) is 0 Å². The summed E-state index contributed by atoms with van der Waals surface area (Å²) in [4.78, 5) is 26.2. The minimum atomic E-state index is -1.16. The largest absolute Gasteiger partial charge is 0.346 e. The van der Waals surface area contributed by atoms with Crippen LogP contribution < -0.4 is 0 Å². The van der Waals surface area contributed by atoms with Crippen LogP contribution in [0.5, 0.6) is 0 Å². The number of ether oxygens (including phenoxy) is 2. The van der Waals surface area contributed by atoms with Crippen molar-refractivity contribution in [1.82, 2.24) is 0 Å². The van der Waals surface area contributed by atoms with E-state index >= 15 is 0 Å². The molecule has 6 aliphatic rings. The lowest BCUT2D eigenvalue weighted by molar-refractivity contribution is -0.228. The van der Waals surface area contributed by atoms with E-state index in [-0.39, 0.29) is 35.2 Å². The number of ketones is 2. The lowest BCUT2D eigenvalue weighted by atomic mass is 9.41. The van der Waals surface area contributed by atoms with Gasteiger partial charge in [0.25, 0.3) is 0 Å². The summed E-state index contributed by atoms with van der Waals surface area (Å²) in [6.07, 6.45) is 6.00. The molecule has 1 saturated heterocycles. The van der Waals surface area contributed by atoms with E-state index in [9.17, 15) is 9.59 Å². The van der Waals surface area contributed by atoms with E-state index in [1.165, 1.54) is 11.1 Å². The van der Waals surface area contributed by atoms with Crippen molar-refractivity contribution in [3.05, 3.63) is 35.5 Å². The average Bonchev–Trinajstić information content (AvgIpc) is 3.14. The molecule has 6 rings (SSSR count). The number of carbonyl (C=O) groups excluding carboxylic acids is 2. The van der Waals surface area contributed by atoms with Crippen molar-refractivity contribution in [3.8, 4) is 0 Å². The lowest BCUT2D eigenvalue weighted by Gasteiger charge is -2.60. The molecule has 4 bridgehead atoms. The molecule has 0 aromatic rings. The fourth-order valence-corrected chi connectivity index (χ4v) is 6.72. The summed E-state index contributed by atoms with van der Waals surface area (Å²) in [5.41, 5.74) is 2.62. The fourth-order valence-electron chi connectivity index (χ4n) is 6.72. The Hall–Kier alpha value is -1.52. The summed E-state index contributed by atoms with van der Waals surface area (Å²) in [7, 11) is 1.58. The fraction of sp³-hybridized carbons (Fsp3) is 0.600. The molecule has 0 radical (unpaired) electrons. The summed E-state index contributed by atoms with van der Waals surface area (Å²) < 4.78 is 11.8. The van der Waals surface area contributed by atoms with Crippen molar-refractivity contribution >= 4 is 11.6 Å². The predicted octanol–water partition coefficient (Wildman–Crippen LogP) is 2.60. The molecule has 5 aliphatic carbocycles. The molecule has 1 aliphatic heterocycles. The van der Waals surface area contributed by atoms with E-state index < -0.39 is 11.2 Å². The summed E-state index contributed by atoms with van der Waals surface area (Å²) in [6, 6.07) is 0. The third-order valence-electron chi connectivity index (χ3n) is 7.44. The predicted molar refractivity (Wildman–Crippen MR) is 86.9 cm³/mol. The van der Waals surface area contributed by atoms with Crippen LogP contribution in [0.15, 0.2) is 35.5 Å². The zero-order valence-corrected chi connectivity index (χ0v) is 14.1. The molecule has 3 fully saturated rings. The van der Waals surface area contributed by atoms with Crippen LogP contribution in [0.25, 0.3) is 0 Å². The van der Waals surface area contributed by atoms with Gasteiger partial charge in [0, 0.05) is 31.3 Å². The topological polar surface area (TPSA) is 52.6 Å². The first-order valence-electron chi connectivity index (χ1n) is 8.84. The number of hydrogen-bond acceptors (Lipinski definition) is 4. The molecule has 4 heteroatoms. The molecule has 1 spiro atoms. The van der Waals surface area contributed by atoms with Gasteiger partial charge in [0.05, 0.1) is 12.0 Å².